The van der Waals surface area contributed by atoms with Gasteiger partial charge in [-0.3, -0.25) is 14.9 Å². The van der Waals surface area contributed by atoms with Gasteiger partial charge in [0.1, 0.15) is 5.56 Å². The molecule has 0 aromatic heterocycles. The molecule has 138 valence electrons. The minimum Gasteiger partial charge on any atom is -0.338 e. The predicted molar refractivity (Wildman–Crippen MR) is 94.3 cm³/mol. The van der Waals surface area contributed by atoms with Crippen molar-refractivity contribution in [1.29, 1.82) is 0 Å². The van der Waals surface area contributed by atoms with Gasteiger partial charge < -0.3 is 4.90 Å². The van der Waals surface area contributed by atoms with Crippen molar-refractivity contribution in [2.45, 2.75) is 25.8 Å². The smallest absolute Gasteiger partial charge is 0.283 e. The van der Waals surface area contributed by atoms with Crippen LogP contribution in [0.15, 0.2) is 18.2 Å². The van der Waals surface area contributed by atoms with Crippen LogP contribution in [0.25, 0.3) is 0 Å². The van der Waals surface area contributed by atoms with Gasteiger partial charge in [-0.2, -0.15) is 4.31 Å². The SMILES string of the molecule is CCN(C1CCN(C(=O)c2ccc(Cl)cc2[N+](=O)[O-])CC1)S(C)(=O)=O. The third kappa shape index (κ3) is 4.47. The van der Waals surface area contributed by atoms with Crippen LogP contribution in [0.5, 0.6) is 0 Å². The molecule has 0 N–H and O–H groups in total. The van der Waals surface area contributed by atoms with E-state index in [0.29, 0.717) is 32.5 Å². The van der Waals surface area contributed by atoms with E-state index >= 15 is 0 Å². The number of carbonyl (C=O) groups excluding carboxylic acids is 1. The second kappa shape index (κ2) is 7.67. The average molecular weight is 390 g/mol. The largest absolute Gasteiger partial charge is 0.338 e. The lowest BCUT2D eigenvalue weighted by Gasteiger charge is -2.36. The molecule has 0 saturated carbocycles. The molecule has 1 aliphatic heterocycles. The number of halogens is 1. The van der Waals surface area contributed by atoms with Crippen LogP contribution in [-0.4, -0.2) is 60.4 Å². The summed E-state index contributed by atoms with van der Waals surface area (Å²) in [6.45, 7) is 2.83. The van der Waals surface area contributed by atoms with Crippen LogP contribution >= 0.6 is 11.6 Å². The first-order valence-electron chi connectivity index (χ1n) is 7.85. The summed E-state index contributed by atoms with van der Waals surface area (Å²) in [5.74, 6) is -0.441. The number of piperidine rings is 1. The van der Waals surface area contributed by atoms with Gasteiger partial charge in [0, 0.05) is 36.8 Å². The van der Waals surface area contributed by atoms with E-state index in [-0.39, 0.29) is 22.3 Å². The van der Waals surface area contributed by atoms with Crippen molar-refractivity contribution in [2.75, 3.05) is 25.9 Å². The van der Waals surface area contributed by atoms with Crippen LogP contribution in [0, 0.1) is 10.1 Å². The van der Waals surface area contributed by atoms with Crippen molar-refractivity contribution in [2.24, 2.45) is 0 Å². The van der Waals surface area contributed by atoms with Crippen molar-refractivity contribution < 1.29 is 18.1 Å². The number of hydrogen-bond donors (Lipinski definition) is 0. The summed E-state index contributed by atoms with van der Waals surface area (Å²) >= 11 is 5.77. The molecule has 1 saturated heterocycles. The fourth-order valence-corrected chi connectivity index (χ4v) is 4.52. The molecule has 8 nitrogen and oxygen atoms in total. The summed E-state index contributed by atoms with van der Waals surface area (Å²) in [4.78, 5) is 24.7. The number of nitro groups is 1. The molecule has 10 heteroatoms. The number of likely N-dealkylation sites (tertiary alicyclic amines) is 1. The summed E-state index contributed by atoms with van der Waals surface area (Å²) in [5.41, 5.74) is -0.339. The lowest BCUT2D eigenvalue weighted by atomic mass is 10.0. The van der Waals surface area contributed by atoms with Crippen molar-refractivity contribution >= 4 is 33.2 Å². The molecule has 0 spiro atoms. The lowest BCUT2D eigenvalue weighted by molar-refractivity contribution is -0.385. The van der Waals surface area contributed by atoms with E-state index in [4.69, 9.17) is 11.6 Å². The van der Waals surface area contributed by atoms with E-state index in [9.17, 15) is 23.3 Å². The molecule has 1 fully saturated rings. The van der Waals surface area contributed by atoms with Gasteiger partial charge in [0.2, 0.25) is 10.0 Å². The number of hydrogen-bond acceptors (Lipinski definition) is 5. The maximum atomic E-state index is 12.6. The van der Waals surface area contributed by atoms with Crippen LogP contribution in [0.4, 0.5) is 5.69 Å². The monoisotopic (exact) mass is 389 g/mol. The first kappa shape index (κ1) is 19.6. The molecule has 1 aromatic carbocycles. The summed E-state index contributed by atoms with van der Waals surface area (Å²) < 4.78 is 25.0. The number of carbonyl (C=O) groups is 1. The molecule has 1 aliphatic rings. The molecule has 0 aliphatic carbocycles. The second-order valence-corrected chi connectivity index (χ2v) is 8.28. The highest BCUT2D eigenvalue weighted by atomic mass is 35.5. The second-order valence-electron chi connectivity index (χ2n) is 5.91. The highest BCUT2D eigenvalue weighted by molar-refractivity contribution is 7.88. The zero-order valence-corrected chi connectivity index (χ0v) is 15.6. The fraction of sp³-hybridized carbons (Fsp3) is 0.533. The zero-order chi connectivity index (χ0) is 18.8. The van der Waals surface area contributed by atoms with Crippen LogP contribution in [0.2, 0.25) is 5.02 Å². The van der Waals surface area contributed by atoms with Gasteiger partial charge in [0.15, 0.2) is 0 Å². The fourth-order valence-electron chi connectivity index (χ4n) is 3.13. The van der Waals surface area contributed by atoms with Crippen LogP contribution in [0.1, 0.15) is 30.1 Å². The van der Waals surface area contributed by atoms with Gasteiger partial charge in [0.25, 0.3) is 11.6 Å². The summed E-state index contributed by atoms with van der Waals surface area (Å²) in [5, 5.41) is 11.3. The Morgan fingerprint density at radius 1 is 1.40 bits per heavy atom. The summed E-state index contributed by atoms with van der Waals surface area (Å²) in [7, 11) is -3.30. The van der Waals surface area contributed by atoms with Crippen LogP contribution in [-0.2, 0) is 10.0 Å². The van der Waals surface area contributed by atoms with E-state index < -0.39 is 20.9 Å². The quantitative estimate of drug-likeness (QED) is 0.567. The third-order valence-corrected chi connectivity index (χ3v) is 5.93. The highest BCUT2D eigenvalue weighted by Crippen LogP contribution is 2.26. The zero-order valence-electron chi connectivity index (χ0n) is 14.0. The number of nitrogens with zero attached hydrogens (tertiary/aromatic N) is 3. The normalized spacial score (nSPS) is 16.2. The molecule has 1 aromatic rings. The first-order chi connectivity index (χ1) is 11.6. The van der Waals surface area contributed by atoms with Gasteiger partial charge in [0.05, 0.1) is 11.2 Å². The molecule has 1 amide bonds. The number of nitro benzene ring substituents is 1. The van der Waals surface area contributed by atoms with E-state index in [2.05, 4.69) is 0 Å². The average Bonchev–Trinajstić information content (AvgIpc) is 2.54. The van der Waals surface area contributed by atoms with E-state index in [1.165, 1.54) is 27.6 Å². The van der Waals surface area contributed by atoms with Crippen molar-refractivity contribution in [3.8, 4) is 0 Å². The van der Waals surface area contributed by atoms with Gasteiger partial charge in [-0.15, -0.1) is 0 Å². The molecule has 0 unspecified atom stereocenters. The number of amides is 1. The van der Waals surface area contributed by atoms with E-state index in [1.54, 1.807) is 6.92 Å². The molecular weight excluding hydrogens is 370 g/mol. The molecule has 0 radical (unpaired) electrons. The topological polar surface area (TPSA) is 101 Å². The van der Waals surface area contributed by atoms with Gasteiger partial charge in [-0.1, -0.05) is 18.5 Å². The van der Waals surface area contributed by atoms with Crippen molar-refractivity contribution in [1.82, 2.24) is 9.21 Å². The molecule has 25 heavy (non-hydrogen) atoms. The van der Waals surface area contributed by atoms with Crippen LogP contribution in [0.3, 0.4) is 0 Å². The standard InChI is InChI=1S/C15H20ClN3O5S/c1-3-18(25(2,23)24)12-6-8-17(9-7-12)15(20)13-5-4-11(16)10-14(13)19(21)22/h4-5,10,12H,3,6-9H2,1-2H3. The Hall–Kier alpha value is -1.71. The Morgan fingerprint density at radius 2 is 2.00 bits per heavy atom. The summed E-state index contributed by atoms with van der Waals surface area (Å²) in [6.07, 6.45) is 2.16. The lowest BCUT2D eigenvalue weighted by Crippen LogP contribution is -2.48. The minimum absolute atomic E-state index is 0.0108. The Balaban J connectivity index is 2.14. The van der Waals surface area contributed by atoms with Gasteiger partial charge in [-0.25, -0.2) is 8.42 Å². The number of sulfonamides is 1. The predicted octanol–water partition coefficient (Wildman–Crippen LogP) is 2.13. The van der Waals surface area contributed by atoms with E-state index in [0.717, 1.165) is 6.07 Å². The van der Waals surface area contributed by atoms with E-state index in [1.807, 2.05) is 0 Å². The first-order valence-corrected chi connectivity index (χ1v) is 10.1. The van der Waals surface area contributed by atoms with Crippen molar-refractivity contribution in [3.63, 3.8) is 0 Å². The van der Waals surface area contributed by atoms with Gasteiger partial charge >= 0.3 is 0 Å². The Labute approximate surface area is 151 Å². The minimum atomic E-state index is -3.30. The number of benzene rings is 1. The maximum absolute atomic E-state index is 12.6. The Morgan fingerprint density at radius 3 is 2.48 bits per heavy atom. The highest BCUT2D eigenvalue weighted by Gasteiger charge is 2.32. The molecular formula is C15H20ClN3O5S. The van der Waals surface area contributed by atoms with Crippen molar-refractivity contribution in [3.05, 3.63) is 38.9 Å². The summed E-state index contributed by atoms with van der Waals surface area (Å²) in [6, 6.07) is 3.79. The van der Waals surface area contributed by atoms with Gasteiger partial charge in [-0.05, 0) is 25.0 Å². The molecule has 1 heterocycles. The molecule has 2 rings (SSSR count). The molecule has 0 bridgehead atoms. The van der Waals surface area contributed by atoms with Crippen LogP contribution < -0.4 is 0 Å². The third-order valence-electron chi connectivity index (χ3n) is 4.28. The molecule has 0 atom stereocenters. The number of rotatable bonds is 5. The Kier molecular flexibility index (Phi) is 6.02. The Bertz CT molecular complexity index is 775. The maximum Gasteiger partial charge on any atom is 0.283 e.